The van der Waals surface area contributed by atoms with Crippen LogP contribution in [0.4, 0.5) is 4.39 Å². The molecular formula is C33H27ClFN3O3S. The summed E-state index contributed by atoms with van der Waals surface area (Å²) in [7, 11) is -3.84. The van der Waals surface area contributed by atoms with Crippen molar-refractivity contribution >= 4 is 55.7 Å². The first-order valence-electron chi connectivity index (χ1n) is 13.2. The van der Waals surface area contributed by atoms with Crippen LogP contribution in [0.2, 0.25) is 5.02 Å². The van der Waals surface area contributed by atoms with E-state index in [2.05, 4.69) is 14.9 Å². The second-order valence-electron chi connectivity index (χ2n) is 9.67. The van der Waals surface area contributed by atoms with Gasteiger partial charge in [-0.25, -0.2) is 17.5 Å². The highest BCUT2D eigenvalue weighted by Crippen LogP contribution is 2.38. The molecule has 0 saturated carbocycles. The first-order valence-corrected chi connectivity index (χ1v) is 15.2. The van der Waals surface area contributed by atoms with Gasteiger partial charge < -0.3 is 0 Å². The standard InChI is InChI=1S/C33H27ClFN3O3S/c1-2-28(29-15-14-27(35)19-30(29)34)33(25-13-16-31-26(18-25)20-36-37-31)24-11-8-22(9-12-24)10-17-32(39)38-42(40,41)21-23-6-4-3-5-7-23/h3-20H,2,21H2,1H3,(H,36,37)(H,38,39). The van der Waals surface area contributed by atoms with Crippen LogP contribution in [0.5, 0.6) is 0 Å². The minimum Gasteiger partial charge on any atom is -0.278 e. The van der Waals surface area contributed by atoms with E-state index in [-0.39, 0.29) is 5.75 Å². The van der Waals surface area contributed by atoms with Crippen LogP contribution >= 0.6 is 11.6 Å². The highest BCUT2D eigenvalue weighted by Gasteiger charge is 2.17. The smallest absolute Gasteiger partial charge is 0.257 e. The number of halogens is 2. The Bertz CT molecular complexity index is 1920. The summed E-state index contributed by atoms with van der Waals surface area (Å²) in [5.41, 5.74) is 6.62. The van der Waals surface area contributed by atoms with Gasteiger partial charge >= 0.3 is 0 Å². The Labute approximate surface area is 248 Å². The molecular weight excluding hydrogens is 573 g/mol. The molecule has 0 aliphatic heterocycles. The van der Waals surface area contributed by atoms with E-state index in [0.29, 0.717) is 22.6 Å². The second kappa shape index (κ2) is 12.5. The molecule has 42 heavy (non-hydrogen) atoms. The molecule has 2 N–H and O–H groups in total. The lowest BCUT2D eigenvalue weighted by molar-refractivity contribution is -0.114. The maximum absolute atomic E-state index is 13.9. The van der Waals surface area contributed by atoms with Gasteiger partial charge in [0.1, 0.15) is 5.82 Å². The average Bonchev–Trinajstić information content (AvgIpc) is 3.44. The van der Waals surface area contributed by atoms with Crippen molar-refractivity contribution in [3.8, 4) is 0 Å². The van der Waals surface area contributed by atoms with E-state index in [1.54, 1.807) is 48.7 Å². The SMILES string of the molecule is CCC(=C(c1ccc(C=CC(=O)NS(=O)(=O)Cc2ccccc2)cc1)c1ccc2[nH]ncc2c1)c1ccc(F)cc1Cl. The zero-order chi connectivity index (χ0) is 29.7. The Morgan fingerprint density at radius 2 is 1.71 bits per heavy atom. The largest absolute Gasteiger partial charge is 0.278 e. The number of allylic oxidation sites excluding steroid dienone is 1. The minimum absolute atomic E-state index is 0.292. The molecule has 6 nitrogen and oxygen atoms in total. The highest BCUT2D eigenvalue weighted by atomic mass is 35.5. The van der Waals surface area contributed by atoms with Crippen molar-refractivity contribution in [1.29, 1.82) is 0 Å². The van der Waals surface area contributed by atoms with Gasteiger partial charge in [-0.2, -0.15) is 5.10 Å². The lowest BCUT2D eigenvalue weighted by Crippen LogP contribution is -2.30. The van der Waals surface area contributed by atoms with Crippen molar-refractivity contribution in [3.63, 3.8) is 0 Å². The summed E-state index contributed by atoms with van der Waals surface area (Å²) in [5.74, 6) is -1.43. The maximum atomic E-state index is 13.9. The van der Waals surface area contributed by atoms with Gasteiger partial charge in [0.05, 0.1) is 22.5 Å². The molecule has 0 unspecified atom stereocenters. The summed E-state index contributed by atoms with van der Waals surface area (Å²) in [4.78, 5) is 12.4. The van der Waals surface area contributed by atoms with E-state index in [1.807, 2.05) is 49.4 Å². The van der Waals surface area contributed by atoms with Crippen molar-refractivity contribution in [2.45, 2.75) is 19.1 Å². The molecule has 1 heterocycles. The molecule has 212 valence electrons. The summed E-state index contributed by atoms with van der Waals surface area (Å²) in [6.45, 7) is 2.02. The topological polar surface area (TPSA) is 91.9 Å². The average molecular weight is 600 g/mol. The minimum atomic E-state index is -3.84. The van der Waals surface area contributed by atoms with Gasteiger partial charge in [-0.1, -0.05) is 85.3 Å². The summed E-state index contributed by atoms with van der Waals surface area (Å²) < 4.78 is 40.7. The number of fused-ring (bicyclic) bond motifs is 1. The molecule has 5 aromatic rings. The first kappa shape index (κ1) is 29.0. The van der Waals surface area contributed by atoms with Gasteiger partial charge in [0.25, 0.3) is 5.91 Å². The van der Waals surface area contributed by atoms with Crippen molar-refractivity contribution in [2.24, 2.45) is 0 Å². The number of aromatic amines is 1. The summed E-state index contributed by atoms with van der Waals surface area (Å²) in [6, 6.07) is 26.6. The van der Waals surface area contributed by atoms with Gasteiger partial charge in [-0.15, -0.1) is 0 Å². The lowest BCUT2D eigenvalue weighted by atomic mass is 9.87. The van der Waals surface area contributed by atoms with Crippen molar-refractivity contribution in [1.82, 2.24) is 14.9 Å². The first-order chi connectivity index (χ1) is 20.2. The number of sulfonamides is 1. The maximum Gasteiger partial charge on any atom is 0.257 e. The van der Waals surface area contributed by atoms with Gasteiger partial charge in [0, 0.05) is 11.5 Å². The van der Waals surface area contributed by atoms with E-state index in [4.69, 9.17) is 11.6 Å². The number of nitrogens with zero attached hydrogens (tertiary/aromatic N) is 1. The van der Waals surface area contributed by atoms with Crippen LogP contribution in [0.1, 0.15) is 41.2 Å². The molecule has 1 amide bonds. The van der Waals surface area contributed by atoms with E-state index in [1.165, 1.54) is 18.2 Å². The summed E-state index contributed by atoms with van der Waals surface area (Å²) in [6.07, 6.45) is 5.13. The quantitative estimate of drug-likeness (QED) is 0.137. The van der Waals surface area contributed by atoms with Crippen LogP contribution in [0.25, 0.3) is 28.1 Å². The van der Waals surface area contributed by atoms with Crippen LogP contribution in [0.3, 0.4) is 0 Å². The Morgan fingerprint density at radius 3 is 2.43 bits per heavy atom. The number of benzene rings is 4. The number of carbonyl (C=O) groups excluding carboxylic acids is 1. The number of H-pyrrole nitrogens is 1. The predicted molar refractivity (Wildman–Crippen MR) is 166 cm³/mol. The molecule has 0 aliphatic rings. The Morgan fingerprint density at radius 1 is 0.976 bits per heavy atom. The molecule has 9 heteroatoms. The van der Waals surface area contributed by atoms with Crippen LogP contribution in [-0.2, 0) is 20.6 Å². The molecule has 5 rings (SSSR count). The number of aromatic nitrogens is 2. The Balaban J connectivity index is 1.45. The van der Waals surface area contributed by atoms with Gasteiger partial charge in [0.15, 0.2) is 0 Å². The van der Waals surface area contributed by atoms with Gasteiger partial charge in [-0.05, 0) is 75.7 Å². The fourth-order valence-electron chi connectivity index (χ4n) is 4.80. The monoisotopic (exact) mass is 599 g/mol. The van der Waals surface area contributed by atoms with E-state index in [0.717, 1.165) is 38.7 Å². The number of amides is 1. The van der Waals surface area contributed by atoms with E-state index < -0.39 is 21.7 Å². The number of nitrogens with one attached hydrogen (secondary N) is 2. The second-order valence-corrected chi connectivity index (χ2v) is 11.8. The van der Waals surface area contributed by atoms with Crippen LogP contribution in [-0.4, -0.2) is 24.5 Å². The molecule has 0 spiro atoms. The Hall–Kier alpha value is -4.53. The fraction of sp³-hybridized carbons (Fsp3) is 0.0909. The third-order valence-corrected chi connectivity index (χ3v) is 8.26. The third-order valence-electron chi connectivity index (χ3n) is 6.72. The zero-order valence-electron chi connectivity index (χ0n) is 22.6. The number of hydrogen-bond donors (Lipinski definition) is 2. The fourth-order valence-corrected chi connectivity index (χ4v) is 6.16. The molecule has 0 aliphatic carbocycles. The Kier molecular flexibility index (Phi) is 8.66. The summed E-state index contributed by atoms with van der Waals surface area (Å²) in [5, 5.41) is 8.36. The van der Waals surface area contributed by atoms with E-state index >= 15 is 0 Å². The van der Waals surface area contributed by atoms with Crippen molar-refractivity contribution < 1.29 is 17.6 Å². The van der Waals surface area contributed by atoms with Crippen LogP contribution < -0.4 is 4.72 Å². The predicted octanol–water partition coefficient (Wildman–Crippen LogP) is 7.38. The van der Waals surface area contributed by atoms with Crippen molar-refractivity contribution in [3.05, 3.63) is 142 Å². The zero-order valence-corrected chi connectivity index (χ0v) is 24.2. The van der Waals surface area contributed by atoms with Gasteiger partial charge in [-0.3, -0.25) is 9.89 Å². The van der Waals surface area contributed by atoms with E-state index in [9.17, 15) is 17.6 Å². The lowest BCUT2D eigenvalue weighted by Gasteiger charge is -2.18. The third kappa shape index (κ3) is 6.84. The number of carbonyl (C=O) groups is 1. The normalized spacial score (nSPS) is 12.5. The molecule has 0 radical (unpaired) electrons. The molecule has 0 fully saturated rings. The molecule has 4 aromatic carbocycles. The van der Waals surface area contributed by atoms with Crippen molar-refractivity contribution in [2.75, 3.05) is 0 Å². The highest BCUT2D eigenvalue weighted by molar-refractivity contribution is 7.89. The molecule has 0 atom stereocenters. The van der Waals surface area contributed by atoms with Gasteiger partial charge in [0.2, 0.25) is 10.0 Å². The van der Waals surface area contributed by atoms with Crippen LogP contribution in [0, 0.1) is 5.82 Å². The molecule has 0 bridgehead atoms. The molecule has 0 saturated heterocycles. The van der Waals surface area contributed by atoms with Crippen LogP contribution in [0.15, 0.2) is 103 Å². The molecule has 1 aromatic heterocycles. The number of rotatable bonds is 9. The number of hydrogen-bond acceptors (Lipinski definition) is 4. The summed E-state index contributed by atoms with van der Waals surface area (Å²) >= 11 is 6.51.